The second-order valence-electron chi connectivity index (χ2n) is 6.75. The van der Waals surface area contributed by atoms with Crippen molar-refractivity contribution in [3.05, 3.63) is 23.7 Å². The smallest absolute Gasteiger partial charge is 0.290 e. The Labute approximate surface area is 142 Å². The van der Waals surface area contributed by atoms with Crippen LogP contribution in [0.3, 0.4) is 0 Å². The van der Waals surface area contributed by atoms with Gasteiger partial charge in [-0.15, -0.1) is 0 Å². The third-order valence-corrected chi connectivity index (χ3v) is 4.55. The molecule has 0 aliphatic carbocycles. The first-order valence-corrected chi connectivity index (χ1v) is 8.60. The number of carbonyl (C=O) groups excluding carboxylic acids is 2. The first kappa shape index (κ1) is 17.0. The van der Waals surface area contributed by atoms with Crippen molar-refractivity contribution >= 4 is 11.8 Å². The summed E-state index contributed by atoms with van der Waals surface area (Å²) < 4.78 is 5.68. The van der Waals surface area contributed by atoms with Crippen LogP contribution in [0.4, 0.5) is 0 Å². The standard InChI is InChI=1S/C17H26N4O3/c1-19(2)12-13-5-6-15(24-13)17(23)21-10-7-18-11-14(21)16(22)20-8-3-4-9-20/h5-6,14,18H,3-4,7-12H2,1-2H3. The molecule has 1 atom stereocenters. The molecule has 0 radical (unpaired) electrons. The molecule has 7 heteroatoms. The van der Waals surface area contributed by atoms with E-state index in [9.17, 15) is 9.59 Å². The monoisotopic (exact) mass is 334 g/mol. The molecule has 0 aromatic carbocycles. The van der Waals surface area contributed by atoms with E-state index in [4.69, 9.17) is 4.42 Å². The quantitative estimate of drug-likeness (QED) is 0.862. The number of carbonyl (C=O) groups is 2. The number of nitrogens with zero attached hydrogens (tertiary/aromatic N) is 3. The molecule has 1 unspecified atom stereocenters. The van der Waals surface area contributed by atoms with E-state index in [0.717, 1.165) is 31.7 Å². The highest BCUT2D eigenvalue weighted by atomic mass is 16.4. The third-order valence-electron chi connectivity index (χ3n) is 4.55. The summed E-state index contributed by atoms with van der Waals surface area (Å²) >= 11 is 0. The maximum absolute atomic E-state index is 12.8. The highest BCUT2D eigenvalue weighted by Gasteiger charge is 2.36. The van der Waals surface area contributed by atoms with E-state index in [0.29, 0.717) is 31.9 Å². The molecule has 7 nitrogen and oxygen atoms in total. The molecule has 24 heavy (non-hydrogen) atoms. The average molecular weight is 334 g/mol. The molecule has 0 spiro atoms. The van der Waals surface area contributed by atoms with Crippen LogP contribution in [0.2, 0.25) is 0 Å². The van der Waals surface area contributed by atoms with Crippen molar-refractivity contribution in [3.63, 3.8) is 0 Å². The Hall–Kier alpha value is -1.86. The van der Waals surface area contributed by atoms with Crippen LogP contribution in [0.25, 0.3) is 0 Å². The number of furan rings is 1. The van der Waals surface area contributed by atoms with Gasteiger partial charge in [-0.25, -0.2) is 0 Å². The summed E-state index contributed by atoms with van der Waals surface area (Å²) in [5.74, 6) is 0.918. The van der Waals surface area contributed by atoms with Crippen LogP contribution in [-0.2, 0) is 11.3 Å². The van der Waals surface area contributed by atoms with Gasteiger partial charge in [0.2, 0.25) is 5.91 Å². The summed E-state index contributed by atoms with van der Waals surface area (Å²) in [4.78, 5) is 31.1. The van der Waals surface area contributed by atoms with Gasteiger partial charge in [-0.3, -0.25) is 9.59 Å². The second kappa shape index (κ2) is 7.36. The number of piperazine rings is 1. The fourth-order valence-corrected chi connectivity index (χ4v) is 3.35. The third kappa shape index (κ3) is 3.62. The molecule has 1 aromatic heterocycles. The Morgan fingerprint density at radius 1 is 1.25 bits per heavy atom. The van der Waals surface area contributed by atoms with Crippen molar-refractivity contribution in [2.45, 2.75) is 25.4 Å². The first-order valence-electron chi connectivity index (χ1n) is 8.60. The molecule has 2 saturated heterocycles. The van der Waals surface area contributed by atoms with Gasteiger partial charge in [-0.2, -0.15) is 0 Å². The summed E-state index contributed by atoms with van der Waals surface area (Å²) in [5.41, 5.74) is 0. The number of rotatable bonds is 4. The molecule has 3 rings (SSSR count). The molecule has 1 N–H and O–H groups in total. The van der Waals surface area contributed by atoms with Crippen LogP contribution in [0.15, 0.2) is 16.5 Å². The van der Waals surface area contributed by atoms with Gasteiger partial charge in [0.25, 0.3) is 5.91 Å². The van der Waals surface area contributed by atoms with Crippen molar-refractivity contribution in [2.24, 2.45) is 0 Å². The molecular formula is C17H26N4O3. The molecule has 3 heterocycles. The van der Waals surface area contributed by atoms with Crippen LogP contribution in [0, 0.1) is 0 Å². The maximum atomic E-state index is 12.8. The Bertz CT molecular complexity index is 592. The number of hydrogen-bond acceptors (Lipinski definition) is 5. The van der Waals surface area contributed by atoms with E-state index in [1.165, 1.54) is 0 Å². The van der Waals surface area contributed by atoms with Crippen molar-refractivity contribution < 1.29 is 14.0 Å². The number of hydrogen-bond donors (Lipinski definition) is 1. The lowest BCUT2D eigenvalue weighted by atomic mass is 10.1. The lowest BCUT2D eigenvalue weighted by molar-refractivity contribution is -0.135. The first-order chi connectivity index (χ1) is 11.6. The summed E-state index contributed by atoms with van der Waals surface area (Å²) in [7, 11) is 3.90. The van der Waals surface area contributed by atoms with Crippen LogP contribution in [-0.4, -0.2) is 79.4 Å². The zero-order valence-corrected chi connectivity index (χ0v) is 14.5. The van der Waals surface area contributed by atoms with Crippen LogP contribution in [0.1, 0.15) is 29.2 Å². The van der Waals surface area contributed by atoms with Crippen molar-refractivity contribution in [1.82, 2.24) is 20.0 Å². The topological polar surface area (TPSA) is 69.0 Å². The van der Waals surface area contributed by atoms with Crippen molar-refractivity contribution in [3.8, 4) is 0 Å². The highest BCUT2D eigenvalue weighted by molar-refractivity contribution is 5.96. The molecule has 132 valence electrons. The molecule has 2 fully saturated rings. The molecule has 0 saturated carbocycles. The molecule has 2 amide bonds. The molecule has 0 bridgehead atoms. The second-order valence-corrected chi connectivity index (χ2v) is 6.75. The summed E-state index contributed by atoms with van der Waals surface area (Å²) in [6.07, 6.45) is 2.10. The maximum Gasteiger partial charge on any atom is 0.290 e. The summed E-state index contributed by atoms with van der Waals surface area (Å²) in [6.45, 7) is 3.96. The van der Waals surface area contributed by atoms with Gasteiger partial charge < -0.3 is 24.4 Å². The van der Waals surface area contributed by atoms with E-state index >= 15 is 0 Å². The lowest BCUT2D eigenvalue weighted by Gasteiger charge is -2.36. The predicted octanol–water partition coefficient (Wildman–Crippen LogP) is 0.378. The van der Waals surface area contributed by atoms with E-state index in [1.54, 1.807) is 11.0 Å². The number of amides is 2. The highest BCUT2D eigenvalue weighted by Crippen LogP contribution is 2.18. The lowest BCUT2D eigenvalue weighted by Crippen LogP contribution is -2.59. The SMILES string of the molecule is CN(C)Cc1ccc(C(=O)N2CCNCC2C(=O)N2CCCC2)o1. The Kier molecular flexibility index (Phi) is 5.20. The number of likely N-dealkylation sites (tertiary alicyclic amines) is 1. The van der Waals surface area contributed by atoms with E-state index < -0.39 is 6.04 Å². The Morgan fingerprint density at radius 3 is 2.71 bits per heavy atom. The van der Waals surface area contributed by atoms with Gasteiger partial charge in [0.05, 0.1) is 6.54 Å². The van der Waals surface area contributed by atoms with Crippen molar-refractivity contribution in [2.75, 3.05) is 46.8 Å². The van der Waals surface area contributed by atoms with Crippen LogP contribution < -0.4 is 5.32 Å². The number of nitrogens with one attached hydrogen (secondary N) is 1. The van der Waals surface area contributed by atoms with Crippen LogP contribution in [0.5, 0.6) is 0 Å². The minimum atomic E-state index is -0.438. The van der Waals surface area contributed by atoms with Gasteiger partial charge in [-0.05, 0) is 39.1 Å². The van der Waals surface area contributed by atoms with Gasteiger partial charge >= 0.3 is 0 Å². The molecule has 2 aliphatic heterocycles. The van der Waals surface area contributed by atoms with Gasteiger partial charge in [0, 0.05) is 32.7 Å². The predicted molar refractivity (Wildman–Crippen MR) is 89.6 cm³/mol. The normalized spacial score (nSPS) is 21.5. The molecule has 2 aliphatic rings. The minimum Gasteiger partial charge on any atom is -0.455 e. The molecule has 1 aromatic rings. The Balaban J connectivity index is 1.73. The van der Waals surface area contributed by atoms with E-state index in [1.807, 2.05) is 30.0 Å². The zero-order chi connectivity index (χ0) is 17.1. The average Bonchev–Trinajstić information content (AvgIpc) is 3.24. The minimum absolute atomic E-state index is 0.0492. The fraction of sp³-hybridized carbons (Fsp3) is 0.647. The van der Waals surface area contributed by atoms with Crippen LogP contribution >= 0.6 is 0 Å². The van der Waals surface area contributed by atoms with Gasteiger partial charge in [0.1, 0.15) is 11.8 Å². The van der Waals surface area contributed by atoms with E-state index in [-0.39, 0.29) is 11.8 Å². The van der Waals surface area contributed by atoms with Gasteiger partial charge in [0.15, 0.2) is 5.76 Å². The van der Waals surface area contributed by atoms with E-state index in [2.05, 4.69) is 5.32 Å². The Morgan fingerprint density at radius 2 is 2.00 bits per heavy atom. The van der Waals surface area contributed by atoms with Gasteiger partial charge in [-0.1, -0.05) is 0 Å². The van der Waals surface area contributed by atoms with Crippen molar-refractivity contribution in [1.29, 1.82) is 0 Å². The fourth-order valence-electron chi connectivity index (χ4n) is 3.35. The zero-order valence-electron chi connectivity index (χ0n) is 14.5. The summed E-state index contributed by atoms with van der Waals surface area (Å²) in [5, 5.41) is 3.23. The largest absolute Gasteiger partial charge is 0.455 e. The summed E-state index contributed by atoms with van der Waals surface area (Å²) in [6, 6.07) is 3.10. The molecular weight excluding hydrogens is 308 g/mol.